The molecule has 2 nitrogen and oxygen atoms in total. The molecular weight excluding hydrogens is 248 g/mol. The molecule has 1 rings (SSSR count). The molecule has 0 aliphatic rings. The fraction of sp³-hybridized carbons (Fsp3) is 0.615. The van der Waals surface area contributed by atoms with Gasteiger partial charge < -0.3 is 4.43 Å². The zero-order valence-corrected chi connectivity index (χ0v) is 13.4. The van der Waals surface area contributed by atoms with Gasteiger partial charge in [-0.3, -0.25) is 4.79 Å². The molecule has 0 amide bonds. The number of hydrogen-bond donors (Lipinski definition) is 0. The molecule has 0 saturated carbocycles. The highest BCUT2D eigenvalue weighted by Crippen LogP contribution is 2.37. The molecule has 0 atom stereocenters. The van der Waals surface area contributed by atoms with Gasteiger partial charge in [-0.1, -0.05) is 20.8 Å². The van der Waals surface area contributed by atoms with Crippen molar-refractivity contribution in [3.8, 4) is 0 Å². The highest BCUT2D eigenvalue weighted by molar-refractivity contribution is 7.10. The lowest BCUT2D eigenvalue weighted by Gasteiger charge is -2.36. The summed E-state index contributed by atoms with van der Waals surface area (Å²) < 4.78 is 6.11. The number of thiophene rings is 1. The summed E-state index contributed by atoms with van der Waals surface area (Å²) >= 11 is 1.61. The van der Waals surface area contributed by atoms with Crippen LogP contribution >= 0.6 is 11.3 Å². The second-order valence-corrected chi connectivity index (χ2v) is 11.7. The van der Waals surface area contributed by atoms with Crippen molar-refractivity contribution in [2.24, 2.45) is 0 Å². The lowest BCUT2D eigenvalue weighted by Crippen LogP contribution is -2.40. The molecule has 1 aromatic rings. The van der Waals surface area contributed by atoms with Gasteiger partial charge in [-0.15, -0.1) is 11.3 Å². The lowest BCUT2D eigenvalue weighted by molar-refractivity contribution is 0.101. The Labute approximate surface area is 109 Å². The minimum atomic E-state index is -1.68. The molecule has 4 heteroatoms. The van der Waals surface area contributed by atoms with E-state index in [0.29, 0.717) is 6.61 Å². The van der Waals surface area contributed by atoms with E-state index < -0.39 is 8.32 Å². The highest BCUT2D eigenvalue weighted by Gasteiger charge is 2.37. The van der Waals surface area contributed by atoms with E-state index in [4.69, 9.17) is 4.43 Å². The van der Waals surface area contributed by atoms with Crippen molar-refractivity contribution in [1.29, 1.82) is 0 Å². The van der Waals surface area contributed by atoms with E-state index in [-0.39, 0.29) is 10.8 Å². The van der Waals surface area contributed by atoms with Crippen molar-refractivity contribution in [3.05, 3.63) is 21.9 Å². The van der Waals surface area contributed by atoms with Gasteiger partial charge in [0.05, 0.1) is 6.61 Å². The van der Waals surface area contributed by atoms with E-state index in [0.717, 1.165) is 10.4 Å². The van der Waals surface area contributed by atoms with Crippen LogP contribution in [0.25, 0.3) is 0 Å². The van der Waals surface area contributed by atoms with E-state index in [2.05, 4.69) is 33.9 Å². The first kappa shape index (κ1) is 14.6. The number of hydrogen-bond acceptors (Lipinski definition) is 3. The van der Waals surface area contributed by atoms with Crippen molar-refractivity contribution in [2.75, 3.05) is 0 Å². The minimum absolute atomic E-state index is 0.125. The van der Waals surface area contributed by atoms with Gasteiger partial charge in [-0.2, -0.15) is 0 Å². The topological polar surface area (TPSA) is 26.3 Å². The molecule has 96 valence electrons. The van der Waals surface area contributed by atoms with Gasteiger partial charge in [0, 0.05) is 15.8 Å². The van der Waals surface area contributed by atoms with Crippen molar-refractivity contribution in [2.45, 2.75) is 52.4 Å². The van der Waals surface area contributed by atoms with Gasteiger partial charge in [0.2, 0.25) is 0 Å². The average molecular weight is 270 g/mol. The first-order chi connectivity index (χ1) is 7.63. The second-order valence-electron chi connectivity index (χ2n) is 5.91. The van der Waals surface area contributed by atoms with Gasteiger partial charge in [-0.25, -0.2) is 0 Å². The quantitative estimate of drug-likeness (QED) is 0.596. The first-order valence-corrected chi connectivity index (χ1v) is 9.64. The summed E-state index contributed by atoms with van der Waals surface area (Å²) in [5.41, 5.74) is 0.795. The summed E-state index contributed by atoms with van der Waals surface area (Å²) in [7, 11) is -1.68. The number of carbonyl (C=O) groups is 1. The average Bonchev–Trinajstić information content (AvgIpc) is 2.61. The Morgan fingerprint density at radius 3 is 2.41 bits per heavy atom. The maximum Gasteiger partial charge on any atom is 0.192 e. The summed E-state index contributed by atoms with van der Waals surface area (Å²) in [6.07, 6.45) is 0. The number of rotatable bonds is 4. The second kappa shape index (κ2) is 5.04. The van der Waals surface area contributed by atoms with Crippen LogP contribution < -0.4 is 0 Å². The van der Waals surface area contributed by atoms with E-state index in [1.807, 2.05) is 11.4 Å². The molecule has 0 N–H and O–H groups in total. The molecule has 1 aromatic heterocycles. The molecule has 0 saturated heterocycles. The van der Waals surface area contributed by atoms with Crippen LogP contribution in [0.2, 0.25) is 18.1 Å². The van der Waals surface area contributed by atoms with Crippen molar-refractivity contribution < 1.29 is 9.22 Å². The smallest absolute Gasteiger partial charge is 0.192 e. The Kier molecular flexibility index (Phi) is 4.33. The first-order valence-electron chi connectivity index (χ1n) is 5.86. The van der Waals surface area contributed by atoms with Gasteiger partial charge in [0.25, 0.3) is 0 Å². The molecule has 0 aliphatic carbocycles. The predicted molar refractivity (Wildman–Crippen MR) is 76.3 cm³/mol. The third-order valence-corrected chi connectivity index (χ3v) is 8.83. The van der Waals surface area contributed by atoms with E-state index >= 15 is 0 Å². The molecule has 0 aromatic carbocycles. The molecular formula is C13H22O2SSi. The fourth-order valence-corrected chi connectivity index (χ4v) is 3.00. The molecule has 0 radical (unpaired) electrons. The lowest BCUT2D eigenvalue weighted by atomic mass is 10.2. The van der Waals surface area contributed by atoms with Crippen LogP contribution in [0.4, 0.5) is 0 Å². The number of ketones is 1. The van der Waals surface area contributed by atoms with Crippen LogP contribution in [-0.4, -0.2) is 14.1 Å². The van der Waals surface area contributed by atoms with E-state index in [1.54, 1.807) is 18.3 Å². The normalized spacial score (nSPS) is 12.8. The number of Topliss-reactive ketones (excluding diaryl/α,β-unsaturated/α-hetero) is 1. The zero-order chi connectivity index (χ0) is 13.3. The SMILES string of the molecule is CC(=O)c1csc(CO[Si](C)(C)C(C)(C)C)c1. The summed E-state index contributed by atoms with van der Waals surface area (Å²) in [4.78, 5) is 12.3. The van der Waals surface area contributed by atoms with Crippen LogP contribution in [-0.2, 0) is 11.0 Å². The van der Waals surface area contributed by atoms with Crippen LogP contribution in [0.15, 0.2) is 11.4 Å². The van der Waals surface area contributed by atoms with E-state index in [9.17, 15) is 4.79 Å². The monoisotopic (exact) mass is 270 g/mol. The minimum Gasteiger partial charge on any atom is -0.412 e. The summed E-state index contributed by atoms with van der Waals surface area (Å²) in [5.74, 6) is 0.125. The Bertz CT molecular complexity index is 402. The Hall–Kier alpha value is -0.453. The Balaban J connectivity index is 2.64. The van der Waals surface area contributed by atoms with Crippen LogP contribution in [0, 0.1) is 0 Å². The molecule has 0 aliphatic heterocycles. The van der Waals surface area contributed by atoms with Gasteiger partial charge in [0.1, 0.15) is 0 Å². The molecule has 1 heterocycles. The third kappa shape index (κ3) is 3.76. The number of carbonyl (C=O) groups excluding carboxylic acids is 1. The standard InChI is InChI=1S/C13H22O2SSi/c1-10(14)11-7-12(16-9-11)8-15-17(5,6)13(2,3)4/h7,9H,8H2,1-6H3. The maximum atomic E-state index is 11.2. The van der Waals surface area contributed by atoms with Gasteiger partial charge in [0.15, 0.2) is 14.1 Å². The fourth-order valence-electron chi connectivity index (χ4n) is 1.11. The largest absolute Gasteiger partial charge is 0.412 e. The van der Waals surface area contributed by atoms with Crippen molar-refractivity contribution >= 4 is 25.4 Å². The summed E-state index contributed by atoms with van der Waals surface area (Å²) in [5, 5.41) is 2.14. The summed E-state index contributed by atoms with van der Waals surface area (Å²) in [6.45, 7) is 13.4. The van der Waals surface area contributed by atoms with Crippen LogP contribution in [0.1, 0.15) is 42.9 Å². The van der Waals surface area contributed by atoms with Gasteiger partial charge >= 0.3 is 0 Å². The van der Waals surface area contributed by atoms with Crippen LogP contribution in [0.3, 0.4) is 0 Å². The van der Waals surface area contributed by atoms with Crippen molar-refractivity contribution in [1.82, 2.24) is 0 Å². The zero-order valence-electron chi connectivity index (χ0n) is 11.6. The highest BCUT2D eigenvalue weighted by atomic mass is 32.1. The Morgan fingerprint density at radius 2 is 2.00 bits per heavy atom. The molecule has 0 fully saturated rings. The summed E-state index contributed by atoms with van der Waals surface area (Å²) in [6, 6.07) is 1.94. The maximum absolute atomic E-state index is 11.2. The predicted octanol–water partition coefficient (Wildman–Crippen LogP) is 4.47. The van der Waals surface area contributed by atoms with Gasteiger partial charge in [-0.05, 0) is 31.1 Å². The third-order valence-electron chi connectivity index (χ3n) is 3.44. The molecule has 0 bridgehead atoms. The van der Waals surface area contributed by atoms with Crippen molar-refractivity contribution in [3.63, 3.8) is 0 Å². The van der Waals surface area contributed by atoms with Crippen LogP contribution in [0.5, 0.6) is 0 Å². The molecule has 17 heavy (non-hydrogen) atoms. The molecule has 0 spiro atoms. The molecule has 0 unspecified atom stereocenters. The van der Waals surface area contributed by atoms with E-state index in [1.165, 1.54) is 0 Å². The Morgan fingerprint density at radius 1 is 1.41 bits per heavy atom.